The summed E-state index contributed by atoms with van der Waals surface area (Å²) < 4.78 is 54.5. The minimum absolute atomic E-state index is 0.180. The molecule has 0 saturated carbocycles. The number of ether oxygens (including phenoxy) is 1. The lowest BCUT2D eigenvalue weighted by Crippen LogP contribution is -2.38. The van der Waals surface area contributed by atoms with Crippen molar-refractivity contribution in [3.8, 4) is 0 Å². The van der Waals surface area contributed by atoms with Gasteiger partial charge in [0.25, 0.3) is 10.1 Å². The van der Waals surface area contributed by atoms with Gasteiger partial charge in [0.2, 0.25) is 0 Å². The van der Waals surface area contributed by atoms with Crippen LogP contribution in [0.4, 0.5) is 0 Å². The molecule has 0 radical (unpaired) electrons. The Labute approximate surface area is 123 Å². The predicted molar refractivity (Wildman–Crippen MR) is 77.9 cm³/mol. The van der Waals surface area contributed by atoms with Crippen LogP contribution in [0.25, 0.3) is 0 Å². The van der Waals surface area contributed by atoms with E-state index in [1.54, 1.807) is 7.11 Å². The molecular weight excluding hydrogens is 308 g/mol. The third-order valence-electron chi connectivity index (χ3n) is 2.72. The van der Waals surface area contributed by atoms with E-state index in [2.05, 4.69) is 0 Å². The Morgan fingerprint density at radius 2 is 1.80 bits per heavy atom. The van der Waals surface area contributed by atoms with E-state index in [9.17, 15) is 12.6 Å². The van der Waals surface area contributed by atoms with Crippen LogP contribution in [-0.2, 0) is 25.9 Å². The lowest BCUT2D eigenvalue weighted by molar-refractivity contribution is 0.144. The van der Waals surface area contributed by atoms with Crippen molar-refractivity contribution < 1.29 is 26.5 Å². The smallest absolute Gasteiger partial charge is 0.266 e. The molecule has 0 heterocycles. The topological polar surface area (TPSA) is 107 Å². The molecule has 10 heteroatoms. The first-order valence-electron chi connectivity index (χ1n) is 6.17. The lowest BCUT2D eigenvalue weighted by atomic mass is 10.4. The first-order chi connectivity index (χ1) is 9.24. The van der Waals surface area contributed by atoms with Crippen molar-refractivity contribution in [2.45, 2.75) is 0 Å². The van der Waals surface area contributed by atoms with Gasteiger partial charge in [0.05, 0.1) is 18.1 Å². The maximum Gasteiger partial charge on any atom is 0.266 e. The van der Waals surface area contributed by atoms with Gasteiger partial charge in [-0.1, -0.05) is 0 Å². The lowest BCUT2D eigenvalue weighted by Gasteiger charge is -2.24. The zero-order valence-electron chi connectivity index (χ0n) is 11.9. The van der Waals surface area contributed by atoms with Gasteiger partial charge in [-0.3, -0.25) is 9.45 Å². The van der Waals surface area contributed by atoms with Gasteiger partial charge in [0, 0.05) is 39.8 Å². The Morgan fingerprint density at radius 3 is 2.30 bits per heavy atom. The number of likely N-dealkylation sites (N-methyl/N-ethyl adjacent to an activating group) is 1. The SMILES string of the molecule is COCCN(CCN(C)CCS(=O)O)CCS(=O)(=O)O. The van der Waals surface area contributed by atoms with Crippen LogP contribution in [0, 0.1) is 0 Å². The molecule has 0 spiro atoms. The third kappa shape index (κ3) is 12.9. The summed E-state index contributed by atoms with van der Waals surface area (Å²) in [5.74, 6) is -0.138. The second kappa shape index (κ2) is 10.6. The van der Waals surface area contributed by atoms with E-state index in [4.69, 9.17) is 13.8 Å². The fraction of sp³-hybridized carbons (Fsp3) is 1.00. The van der Waals surface area contributed by atoms with Gasteiger partial charge in [-0.2, -0.15) is 8.42 Å². The first-order valence-corrected chi connectivity index (χ1v) is 9.05. The van der Waals surface area contributed by atoms with Gasteiger partial charge in [0.1, 0.15) is 0 Å². The largest absolute Gasteiger partial charge is 0.383 e. The van der Waals surface area contributed by atoms with Crippen LogP contribution >= 0.6 is 0 Å². The zero-order chi connectivity index (χ0) is 15.6. The number of hydrogen-bond acceptors (Lipinski definition) is 6. The molecule has 1 atom stereocenters. The Morgan fingerprint density at radius 1 is 1.15 bits per heavy atom. The fourth-order valence-corrected chi connectivity index (χ4v) is 2.41. The van der Waals surface area contributed by atoms with E-state index < -0.39 is 21.2 Å². The molecule has 1 unspecified atom stereocenters. The van der Waals surface area contributed by atoms with E-state index in [0.29, 0.717) is 32.8 Å². The van der Waals surface area contributed by atoms with Crippen LogP contribution in [0.2, 0.25) is 0 Å². The Balaban J connectivity index is 4.10. The van der Waals surface area contributed by atoms with E-state index in [1.165, 1.54) is 0 Å². The average Bonchev–Trinajstić information content (AvgIpc) is 2.34. The molecule has 0 saturated heterocycles. The highest BCUT2D eigenvalue weighted by Crippen LogP contribution is 1.94. The minimum atomic E-state index is -3.97. The molecule has 0 aliphatic rings. The summed E-state index contributed by atoms with van der Waals surface area (Å²) in [6.45, 7) is 2.96. The first kappa shape index (κ1) is 19.9. The monoisotopic (exact) mass is 332 g/mol. The molecule has 2 N–H and O–H groups in total. The van der Waals surface area contributed by atoms with Crippen molar-refractivity contribution in [2.75, 3.05) is 65.0 Å². The highest BCUT2D eigenvalue weighted by molar-refractivity contribution is 7.85. The van der Waals surface area contributed by atoms with Crippen molar-refractivity contribution in [1.82, 2.24) is 9.80 Å². The molecule has 20 heavy (non-hydrogen) atoms. The summed E-state index contributed by atoms with van der Waals surface area (Å²) in [5, 5.41) is 0. The molecule has 0 aromatic heterocycles. The van der Waals surface area contributed by atoms with Gasteiger partial charge in [-0.05, 0) is 7.05 Å². The molecule has 0 aliphatic carbocycles. The maximum atomic E-state index is 10.8. The summed E-state index contributed by atoms with van der Waals surface area (Å²) in [6, 6.07) is 0. The molecule has 122 valence electrons. The van der Waals surface area contributed by atoms with E-state index >= 15 is 0 Å². The van der Waals surface area contributed by atoms with Gasteiger partial charge in [-0.15, -0.1) is 0 Å². The molecule has 0 aromatic carbocycles. The van der Waals surface area contributed by atoms with E-state index in [1.807, 2.05) is 16.8 Å². The number of methoxy groups -OCH3 is 1. The van der Waals surface area contributed by atoms with Crippen LogP contribution in [0.15, 0.2) is 0 Å². The van der Waals surface area contributed by atoms with Crippen LogP contribution in [-0.4, -0.2) is 96.5 Å². The number of hydrogen-bond donors (Lipinski definition) is 2. The van der Waals surface area contributed by atoms with Gasteiger partial charge >= 0.3 is 0 Å². The normalized spacial score (nSPS) is 14.1. The fourth-order valence-electron chi connectivity index (χ4n) is 1.46. The van der Waals surface area contributed by atoms with Crippen molar-refractivity contribution in [3.05, 3.63) is 0 Å². The Bertz CT molecular complexity index is 376. The van der Waals surface area contributed by atoms with Crippen LogP contribution in [0.3, 0.4) is 0 Å². The third-order valence-corrected chi connectivity index (χ3v) is 3.95. The molecule has 0 aromatic rings. The summed E-state index contributed by atoms with van der Waals surface area (Å²) in [7, 11) is -0.591. The Kier molecular flexibility index (Phi) is 10.5. The minimum Gasteiger partial charge on any atom is -0.383 e. The Hall–Kier alpha value is -0.100. The van der Waals surface area contributed by atoms with Crippen LogP contribution in [0.1, 0.15) is 0 Å². The average molecular weight is 332 g/mol. The molecule has 0 bridgehead atoms. The molecule has 0 rings (SSSR count). The molecule has 0 aliphatic heterocycles. The van der Waals surface area contributed by atoms with E-state index in [-0.39, 0.29) is 18.1 Å². The predicted octanol–water partition coefficient (Wildman–Crippen LogP) is -1.02. The summed E-state index contributed by atoms with van der Waals surface area (Å²) in [5.41, 5.74) is 0. The second-order valence-electron chi connectivity index (χ2n) is 4.45. The van der Waals surface area contributed by atoms with Gasteiger partial charge in [0.15, 0.2) is 11.1 Å². The van der Waals surface area contributed by atoms with Crippen molar-refractivity contribution >= 4 is 21.2 Å². The molecular formula is C10H24N2O6S2. The molecule has 0 amide bonds. The molecule has 8 nitrogen and oxygen atoms in total. The van der Waals surface area contributed by atoms with Crippen LogP contribution in [0.5, 0.6) is 0 Å². The zero-order valence-corrected chi connectivity index (χ0v) is 13.5. The quantitative estimate of drug-likeness (QED) is 0.345. The van der Waals surface area contributed by atoms with Crippen molar-refractivity contribution in [3.63, 3.8) is 0 Å². The van der Waals surface area contributed by atoms with Crippen LogP contribution < -0.4 is 0 Å². The van der Waals surface area contributed by atoms with Gasteiger partial charge in [-0.25, -0.2) is 4.21 Å². The maximum absolute atomic E-state index is 10.8. The summed E-state index contributed by atoms with van der Waals surface area (Å²) in [4.78, 5) is 3.76. The van der Waals surface area contributed by atoms with Crippen molar-refractivity contribution in [1.29, 1.82) is 0 Å². The second-order valence-corrected chi connectivity index (χ2v) is 7.07. The standard InChI is InChI=1S/C10H24N2O6S2/c1-11(6-9-19(13)14)3-4-12(5-8-18-2)7-10-20(15,16)17/h3-10H2,1-2H3,(H,13,14)(H,15,16,17). The van der Waals surface area contributed by atoms with Gasteiger partial charge < -0.3 is 14.2 Å². The number of rotatable bonds is 12. The summed E-state index contributed by atoms with van der Waals surface area (Å²) in [6.07, 6.45) is 0. The van der Waals surface area contributed by atoms with E-state index in [0.717, 1.165) is 0 Å². The van der Waals surface area contributed by atoms with Crippen molar-refractivity contribution in [2.24, 2.45) is 0 Å². The number of nitrogens with zero attached hydrogens (tertiary/aromatic N) is 2. The summed E-state index contributed by atoms with van der Waals surface area (Å²) >= 11 is -1.81. The molecule has 0 fully saturated rings. The highest BCUT2D eigenvalue weighted by atomic mass is 32.2. The highest BCUT2D eigenvalue weighted by Gasteiger charge is 2.11.